The Bertz CT molecular complexity index is 434. The Balaban J connectivity index is 2.22. The molecular formula is C13H19IN2O. The normalized spacial score (nSPS) is 18.7. The lowest BCUT2D eigenvalue weighted by molar-refractivity contribution is 0.441. The second-order valence-electron chi connectivity index (χ2n) is 4.89. The zero-order valence-corrected chi connectivity index (χ0v) is 12.4. The Hall–Kier alpha value is -0.390. The number of aromatic amines is 1. The van der Waals surface area contributed by atoms with Gasteiger partial charge in [0.2, 0.25) is 0 Å². The van der Waals surface area contributed by atoms with E-state index in [1.54, 1.807) is 0 Å². The summed E-state index contributed by atoms with van der Waals surface area (Å²) >= 11 is 2.06. The van der Waals surface area contributed by atoms with E-state index < -0.39 is 0 Å². The summed E-state index contributed by atoms with van der Waals surface area (Å²) in [6, 6.07) is 0. The maximum absolute atomic E-state index is 11.8. The van der Waals surface area contributed by atoms with E-state index in [-0.39, 0.29) is 5.56 Å². The summed E-state index contributed by atoms with van der Waals surface area (Å²) < 4.78 is 0.720. The summed E-state index contributed by atoms with van der Waals surface area (Å²) in [4.78, 5) is 19.3. The van der Waals surface area contributed by atoms with E-state index in [4.69, 9.17) is 0 Å². The molecule has 1 N–H and O–H groups in total. The Labute approximate surface area is 116 Å². The van der Waals surface area contributed by atoms with E-state index in [2.05, 4.69) is 32.6 Å². The number of hydrogen-bond donors (Lipinski definition) is 1. The van der Waals surface area contributed by atoms with Crippen LogP contribution in [0.1, 0.15) is 62.4 Å². The van der Waals surface area contributed by atoms with Crippen LogP contribution >= 0.6 is 22.6 Å². The van der Waals surface area contributed by atoms with Crippen LogP contribution in [0.15, 0.2) is 4.79 Å². The molecular weight excluding hydrogens is 327 g/mol. The lowest BCUT2D eigenvalue weighted by atomic mass is 9.90. The zero-order chi connectivity index (χ0) is 12.3. The first-order valence-corrected chi connectivity index (χ1v) is 7.52. The van der Waals surface area contributed by atoms with Gasteiger partial charge in [0.15, 0.2) is 0 Å². The fourth-order valence-corrected chi connectivity index (χ4v) is 2.77. The van der Waals surface area contributed by atoms with Crippen molar-refractivity contribution >= 4 is 22.6 Å². The molecule has 0 saturated heterocycles. The van der Waals surface area contributed by atoms with Gasteiger partial charge in [0.25, 0.3) is 5.56 Å². The standard InChI is InChI=1S/C13H19IN2O/c1-9-11(14)13(17)16-12(15-9)10-7-5-3-2-4-6-8-10/h10H,2-8H2,1H3,(H,15,16,17). The molecule has 0 aliphatic heterocycles. The van der Waals surface area contributed by atoms with Crippen LogP contribution in [-0.2, 0) is 0 Å². The third-order valence-corrected chi connectivity index (χ3v) is 4.81. The SMILES string of the molecule is Cc1nc(C2CCCCCCC2)[nH]c(=O)c1I. The molecule has 0 spiro atoms. The Morgan fingerprint density at radius 3 is 2.35 bits per heavy atom. The second kappa shape index (κ2) is 5.98. The maximum atomic E-state index is 11.8. The number of H-pyrrole nitrogens is 1. The van der Waals surface area contributed by atoms with Crippen molar-refractivity contribution in [1.29, 1.82) is 0 Å². The van der Waals surface area contributed by atoms with Gasteiger partial charge < -0.3 is 4.98 Å². The van der Waals surface area contributed by atoms with E-state index in [1.807, 2.05) is 6.92 Å². The molecule has 1 aromatic heterocycles. The lowest BCUT2D eigenvalue weighted by Gasteiger charge is -2.19. The molecule has 0 amide bonds. The maximum Gasteiger partial charge on any atom is 0.264 e. The molecule has 1 aliphatic carbocycles. The fourth-order valence-electron chi connectivity index (χ4n) is 2.52. The number of nitrogens with one attached hydrogen (secondary N) is 1. The van der Waals surface area contributed by atoms with Crippen molar-refractivity contribution in [3.05, 3.63) is 25.4 Å². The summed E-state index contributed by atoms with van der Waals surface area (Å²) in [5, 5.41) is 0. The first-order valence-electron chi connectivity index (χ1n) is 6.45. The molecule has 94 valence electrons. The smallest absolute Gasteiger partial charge is 0.264 e. The fraction of sp³-hybridized carbons (Fsp3) is 0.692. The molecule has 1 saturated carbocycles. The summed E-state index contributed by atoms with van der Waals surface area (Å²) in [6.07, 6.45) is 8.88. The average Bonchev–Trinajstić information content (AvgIpc) is 2.25. The van der Waals surface area contributed by atoms with Gasteiger partial charge in [-0.2, -0.15) is 0 Å². The van der Waals surface area contributed by atoms with Crippen molar-refractivity contribution in [1.82, 2.24) is 9.97 Å². The molecule has 1 fully saturated rings. The largest absolute Gasteiger partial charge is 0.309 e. The predicted molar refractivity (Wildman–Crippen MR) is 77.4 cm³/mol. The van der Waals surface area contributed by atoms with Crippen molar-refractivity contribution in [3.63, 3.8) is 0 Å². The van der Waals surface area contributed by atoms with Gasteiger partial charge in [-0.25, -0.2) is 4.98 Å². The number of nitrogens with zero attached hydrogens (tertiary/aromatic N) is 1. The van der Waals surface area contributed by atoms with Gasteiger partial charge in [-0.1, -0.05) is 32.1 Å². The van der Waals surface area contributed by atoms with E-state index in [0.717, 1.165) is 15.1 Å². The Morgan fingerprint density at radius 1 is 1.18 bits per heavy atom. The molecule has 0 unspecified atom stereocenters. The van der Waals surface area contributed by atoms with Gasteiger partial charge in [0, 0.05) is 5.92 Å². The predicted octanol–water partition coefficient (Wildman–Crippen LogP) is 3.51. The van der Waals surface area contributed by atoms with Crippen LogP contribution < -0.4 is 5.56 Å². The number of halogens is 1. The highest BCUT2D eigenvalue weighted by Crippen LogP contribution is 2.28. The molecule has 0 bridgehead atoms. The van der Waals surface area contributed by atoms with Crippen LogP contribution in [0.4, 0.5) is 0 Å². The highest BCUT2D eigenvalue weighted by molar-refractivity contribution is 14.1. The average molecular weight is 346 g/mol. The summed E-state index contributed by atoms with van der Waals surface area (Å²) in [5.74, 6) is 1.37. The summed E-state index contributed by atoms with van der Waals surface area (Å²) in [7, 11) is 0. The van der Waals surface area contributed by atoms with Gasteiger partial charge in [-0.15, -0.1) is 0 Å². The number of aryl methyl sites for hydroxylation is 1. The molecule has 4 heteroatoms. The van der Waals surface area contributed by atoms with Gasteiger partial charge in [0.05, 0.1) is 9.26 Å². The minimum absolute atomic E-state index is 0.0233. The van der Waals surface area contributed by atoms with Crippen molar-refractivity contribution < 1.29 is 0 Å². The molecule has 0 atom stereocenters. The van der Waals surface area contributed by atoms with Gasteiger partial charge in [0.1, 0.15) is 5.82 Å². The van der Waals surface area contributed by atoms with E-state index in [0.29, 0.717) is 5.92 Å². The minimum Gasteiger partial charge on any atom is -0.309 e. The Morgan fingerprint density at radius 2 is 1.76 bits per heavy atom. The molecule has 1 heterocycles. The molecule has 0 radical (unpaired) electrons. The lowest BCUT2D eigenvalue weighted by Crippen LogP contribution is -2.19. The highest BCUT2D eigenvalue weighted by atomic mass is 127. The topological polar surface area (TPSA) is 45.8 Å². The molecule has 3 nitrogen and oxygen atoms in total. The summed E-state index contributed by atoms with van der Waals surface area (Å²) in [5.41, 5.74) is 0.890. The minimum atomic E-state index is 0.0233. The number of rotatable bonds is 1. The van der Waals surface area contributed by atoms with Crippen molar-refractivity contribution in [2.45, 2.75) is 57.8 Å². The molecule has 0 aromatic carbocycles. The quantitative estimate of drug-likeness (QED) is 0.791. The molecule has 17 heavy (non-hydrogen) atoms. The monoisotopic (exact) mass is 346 g/mol. The van der Waals surface area contributed by atoms with Crippen LogP contribution in [0.3, 0.4) is 0 Å². The third-order valence-electron chi connectivity index (χ3n) is 3.54. The van der Waals surface area contributed by atoms with Crippen molar-refractivity contribution in [3.8, 4) is 0 Å². The third kappa shape index (κ3) is 3.30. The van der Waals surface area contributed by atoms with E-state index in [1.165, 1.54) is 44.9 Å². The molecule has 1 aromatic rings. The number of hydrogen-bond acceptors (Lipinski definition) is 2. The van der Waals surface area contributed by atoms with Crippen LogP contribution in [0.25, 0.3) is 0 Å². The number of aromatic nitrogens is 2. The van der Waals surface area contributed by atoms with Crippen molar-refractivity contribution in [2.24, 2.45) is 0 Å². The zero-order valence-electron chi connectivity index (χ0n) is 10.3. The van der Waals surface area contributed by atoms with Crippen LogP contribution in [-0.4, -0.2) is 9.97 Å². The van der Waals surface area contributed by atoms with Gasteiger partial charge in [-0.05, 0) is 42.4 Å². The van der Waals surface area contributed by atoms with Gasteiger partial charge in [-0.3, -0.25) is 4.79 Å². The van der Waals surface area contributed by atoms with Crippen LogP contribution in [0, 0.1) is 10.5 Å². The van der Waals surface area contributed by atoms with Crippen LogP contribution in [0.2, 0.25) is 0 Å². The van der Waals surface area contributed by atoms with Gasteiger partial charge >= 0.3 is 0 Å². The van der Waals surface area contributed by atoms with Crippen molar-refractivity contribution in [2.75, 3.05) is 0 Å². The Kier molecular flexibility index (Phi) is 4.59. The molecule has 2 rings (SSSR count). The second-order valence-corrected chi connectivity index (χ2v) is 5.97. The van der Waals surface area contributed by atoms with Crippen LogP contribution in [0.5, 0.6) is 0 Å². The van der Waals surface area contributed by atoms with E-state index >= 15 is 0 Å². The highest BCUT2D eigenvalue weighted by Gasteiger charge is 2.17. The summed E-state index contributed by atoms with van der Waals surface area (Å²) in [6.45, 7) is 1.92. The first-order chi connectivity index (χ1) is 8.18. The molecule has 1 aliphatic rings. The van der Waals surface area contributed by atoms with E-state index in [9.17, 15) is 4.79 Å². The first kappa shape index (κ1) is 13.1.